The van der Waals surface area contributed by atoms with Crippen LogP contribution in [0, 0.1) is 0 Å². The molecule has 0 bridgehead atoms. The lowest BCUT2D eigenvalue weighted by Crippen LogP contribution is -2.35. The Balaban J connectivity index is 1.81. The molecule has 0 atom stereocenters. The largest absolute Gasteiger partial charge is 0.378 e. The fourth-order valence-electron chi connectivity index (χ4n) is 3.95. The number of benzene rings is 3. The summed E-state index contributed by atoms with van der Waals surface area (Å²) >= 11 is 1.91. The molecule has 3 heteroatoms. The second-order valence-corrected chi connectivity index (χ2v) is 8.18. The first-order chi connectivity index (χ1) is 14.4. The van der Waals surface area contributed by atoms with Crippen LogP contribution in [0.25, 0.3) is 32.7 Å². The minimum absolute atomic E-state index is 0.785. The van der Waals surface area contributed by atoms with Gasteiger partial charge < -0.3 is 9.64 Å². The van der Waals surface area contributed by atoms with E-state index in [1.165, 1.54) is 37.7 Å². The summed E-state index contributed by atoms with van der Waals surface area (Å²) in [5.74, 6) is 0. The molecule has 3 aromatic carbocycles. The van der Waals surface area contributed by atoms with E-state index in [4.69, 9.17) is 4.74 Å². The third-order valence-electron chi connectivity index (χ3n) is 5.35. The average Bonchev–Trinajstić information content (AvgIpc) is 3.22. The van der Waals surface area contributed by atoms with Gasteiger partial charge in [0, 0.05) is 29.1 Å². The Hall–Kier alpha value is -2.88. The molecule has 2 heterocycles. The van der Waals surface area contributed by atoms with Crippen LogP contribution in [-0.2, 0) is 4.74 Å². The van der Waals surface area contributed by atoms with Crippen LogP contribution in [0.5, 0.6) is 0 Å². The molecule has 0 spiro atoms. The molecule has 0 unspecified atom stereocenters. The van der Waals surface area contributed by atoms with Crippen molar-refractivity contribution < 1.29 is 4.74 Å². The minimum atomic E-state index is 0.785. The lowest BCUT2D eigenvalue weighted by atomic mass is 9.94. The van der Waals surface area contributed by atoms with Gasteiger partial charge in [0.25, 0.3) is 0 Å². The zero-order valence-electron chi connectivity index (χ0n) is 16.3. The zero-order chi connectivity index (χ0) is 19.5. The Kier molecular flexibility index (Phi) is 5.16. The van der Waals surface area contributed by atoms with E-state index in [2.05, 4.69) is 95.9 Å². The quantitative estimate of drug-likeness (QED) is 0.385. The Bertz CT molecular complexity index is 1070. The second-order valence-electron chi connectivity index (χ2n) is 7.18. The molecule has 0 N–H and O–H groups in total. The normalized spacial score (nSPS) is 14.1. The maximum atomic E-state index is 5.64. The molecule has 1 aliphatic rings. The predicted molar refractivity (Wildman–Crippen MR) is 124 cm³/mol. The van der Waals surface area contributed by atoms with Crippen LogP contribution < -0.4 is 4.90 Å². The molecule has 0 radical (unpaired) electrons. The van der Waals surface area contributed by atoms with Crippen molar-refractivity contribution >= 4 is 16.3 Å². The second kappa shape index (κ2) is 8.24. The number of hydrogen-bond acceptors (Lipinski definition) is 3. The molecule has 1 aromatic heterocycles. The van der Waals surface area contributed by atoms with Crippen LogP contribution in [0.3, 0.4) is 0 Å². The van der Waals surface area contributed by atoms with Crippen LogP contribution in [0.2, 0.25) is 0 Å². The van der Waals surface area contributed by atoms with E-state index in [0.29, 0.717) is 0 Å². The van der Waals surface area contributed by atoms with Crippen LogP contribution >= 0.6 is 11.3 Å². The smallest absolute Gasteiger partial charge is 0.100 e. The summed E-state index contributed by atoms with van der Waals surface area (Å²) in [6, 6.07) is 32.4. The molecule has 0 aliphatic carbocycles. The van der Waals surface area contributed by atoms with Gasteiger partial charge in [0.15, 0.2) is 0 Å². The fourth-order valence-corrected chi connectivity index (χ4v) is 5.36. The van der Waals surface area contributed by atoms with Gasteiger partial charge >= 0.3 is 0 Å². The van der Waals surface area contributed by atoms with Crippen molar-refractivity contribution in [1.29, 1.82) is 0 Å². The lowest BCUT2D eigenvalue weighted by molar-refractivity contribution is 0.123. The van der Waals surface area contributed by atoms with E-state index in [1.807, 2.05) is 11.3 Å². The van der Waals surface area contributed by atoms with E-state index in [-0.39, 0.29) is 0 Å². The molecule has 1 saturated heterocycles. The molecule has 0 saturated carbocycles. The summed E-state index contributed by atoms with van der Waals surface area (Å²) in [5, 5.41) is 1.34. The number of nitrogens with zero attached hydrogens (tertiary/aromatic N) is 1. The summed E-state index contributed by atoms with van der Waals surface area (Å²) in [6.45, 7) is 3.44. The predicted octanol–water partition coefficient (Wildman–Crippen LogP) is 6.59. The highest BCUT2D eigenvalue weighted by Gasteiger charge is 2.26. The van der Waals surface area contributed by atoms with Crippen molar-refractivity contribution in [3.05, 3.63) is 91.0 Å². The lowest BCUT2D eigenvalue weighted by Gasteiger charge is -2.29. The Morgan fingerprint density at radius 3 is 1.62 bits per heavy atom. The van der Waals surface area contributed by atoms with Crippen molar-refractivity contribution in [2.45, 2.75) is 0 Å². The number of thiophene rings is 1. The number of hydrogen-bond donors (Lipinski definition) is 0. The molecular weight excluding hydrogens is 374 g/mol. The van der Waals surface area contributed by atoms with Crippen LogP contribution in [0.1, 0.15) is 0 Å². The zero-order valence-corrected chi connectivity index (χ0v) is 17.1. The van der Waals surface area contributed by atoms with Gasteiger partial charge in [-0.25, -0.2) is 0 Å². The Morgan fingerprint density at radius 1 is 0.586 bits per heavy atom. The summed E-state index contributed by atoms with van der Waals surface area (Å²) in [7, 11) is 0. The fraction of sp³-hybridized carbons (Fsp3) is 0.154. The molecule has 4 aromatic rings. The number of anilines is 1. The van der Waals surface area contributed by atoms with Gasteiger partial charge in [-0.15, -0.1) is 11.3 Å². The molecule has 29 heavy (non-hydrogen) atoms. The highest BCUT2D eigenvalue weighted by atomic mass is 32.1. The Morgan fingerprint density at radius 2 is 1.07 bits per heavy atom. The third kappa shape index (κ3) is 3.59. The molecule has 2 nitrogen and oxygen atoms in total. The summed E-state index contributed by atoms with van der Waals surface area (Å²) < 4.78 is 5.64. The SMILES string of the molecule is c1ccc(-c2sc(N3CCOCC3)c(-c3ccccc3)c2-c2ccccc2)cc1. The van der Waals surface area contributed by atoms with Crippen LogP contribution in [-0.4, -0.2) is 26.3 Å². The average molecular weight is 398 g/mol. The van der Waals surface area contributed by atoms with Crippen molar-refractivity contribution in [2.75, 3.05) is 31.2 Å². The van der Waals surface area contributed by atoms with Gasteiger partial charge in [-0.2, -0.15) is 0 Å². The monoisotopic (exact) mass is 397 g/mol. The van der Waals surface area contributed by atoms with E-state index < -0.39 is 0 Å². The van der Waals surface area contributed by atoms with Gasteiger partial charge in [-0.3, -0.25) is 0 Å². The molecule has 5 rings (SSSR count). The van der Waals surface area contributed by atoms with Crippen LogP contribution in [0.4, 0.5) is 5.00 Å². The molecule has 144 valence electrons. The van der Waals surface area contributed by atoms with E-state index in [0.717, 1.165) is 26.3 Å². The highest BCUT2D eigenvalue weighted by molar-refractivity contribution is 7.20. The summed E-state index contributed by atoms with van der Waals surface area (Å²) in [6.07, 6.45) is 0. The van der Waals surface area contributed by atoms with E-state index in [9.17, 15) is 0 Å². The number of ether oxygens (including phenoxy) is 1. The first-order valence-corrected chi connectivity index (χ1v) is 10.9. The molecule has 1 fully saturated rings. The maximum Gasteiger partial charge on any atom is 0.100 e. The Labute approximate surface area is 176 Å². The van der Waals surface area contributed by atoms with Gasteiger partial charge in [-0.1, -0.05) is 91.0 Å². The maximum absolute atomic E-state index is 5.64. The van der Waals surface area contributed by atoms with Gasteiger partial charge in [0.1, 0.15) is 5.00 Å². The molecule has 1 aliphatic heterocycles. The van der Waals surface area contributed by atoms with Crippen LogP contribution in [0.15, 0.2) is 91.0 Å². The highest BCUT2D eigenvalue weighted by Crippen LogP contribution is 2.52. The summed E-state index contributed by atoms with van der Waals surface area (Å²) in [4.78, 5) is 3.83. The van der Waals surface area contributed by atoms with E-state index >= 15 is 0 Å². The first-order valence-electron chi connectivity index (χ1n) is 10.1. The van der Waals surface area contributed by atoms with Crippen molar-refractivity contribution in [3.8, 4) is 32.7 Å². The molecular formula is C26H23NOS. The third-order valence-corrected chi connectivity index (χ3v) is 6.65. The standard InChI is InChI=1S/C26H23NOS/c1-4-10-20(11-5-1)23-24(21-12-6-2-7-13-21)26(27-16-18-28-19-17-27)29-25(23)22-14-8-3-9-15-22/h1-15H,16-19H2. The van der Waals surface area contributed by atoms with Crippen molar-refractivity contribution in [2.24, 2.45) is 0 Å². The van der Waals surface area contributed by atoms with Crippen molar-refractivity contribution in [1.82, 2.24) is 0 Å². The minimum Gasteiger partial charge on any atom is -0.378 e. The summed E-state index contributed by atoms with van der Waals surface area (Å²) in [5.41, 5.74) is 6.47. The van der Waals surface area contributed by atoms with Gasteiger partial charge in [0.05, 0.1) is 13.2 Å². The topological polar surface area (TPSA) is 12.5 Å². The van der Waals surface area contributed by atoms with Gasteiger partial charge in [0.2, 0.25) is 0 Å². The molecule has 0 amide bonds. The van der Waals surface area contributed by atoms with Gasteiger partial charge in [-0.05, 0) is 16.7 Å². The van der Waals surface area contributed by atoms with E-state index in [1.54, 1.807) is 0 Å². The number of morpholine rings is 1. The first kappa shape index (κ1) is 18.2. The number of rotatable bonds is 4. The van der Waals surface area contributed by atoms with Crippen molar-refractivity contribution in [3.63, 3.8) is 0 Å².